The van der Waals surface area contributed by atoms with E-state index in [4.69, 9.17) is 16.3 Å². The molecule has 1 atom stereocenters. The summed E-state index contributed by atoms with van der Waals surface area (Å²) in [6.07, 6.45) is 3.68. The lowest BCUT2D eigenvalue weighted by atomic mass is 9.90. The second kappa shape index (κ2) is 13.2. The van der Waals surface area contributed by atoms with Crippen molar-refractivity contribution in [1.82, 2.24) is 5.32 Å². The summed E-state index contributed by atoms with van der Waals surface area (Å²) >= 11 is 6.25. The highest BCUT2D eigenvalue weighted by Gasteiger charge is 2.38. The van der Waals surface area contributed by atoms with E-state index in [9.17, 15) is 9.59 Å². The lowest BCUT2D eigenvalue weighted by Gasteiger charge is -2.40. The summed E-state index contributed by atoms with van der Waals surface area (Å²) in [5.41, 5.74) is 4.55. The van der Waals surface area contributed by atoms with E-state index in [1.807, 2.05) is 48.2 Å². The summed E-state index contributed by atoms with van der Waals surface area (Å²) in [6.45, 7) is 10.0. The van der Waals surface area contributed by atoms with Crippen LogP contribution >= 0.6 is 11.6 Å². The van der Waals surface area contributed by atoms with Crippen LogP contribution in [-0.2, 0) is 11.2 Å². The number of aryl methyl sites for hydroxylation is 2. The Kier molecular flexibility index (Phi) is 9.78. The topological polar surface area (TPSA) is 70.7 Å². The minimum Gasteiger partial charge on any atom is -0.379 e. The molecule has 3 aromatic rings. The number of amides is 2. The summed E-state index contributed by atoms with van der Waals surface area (Å²) in [7, 11) is 0. The molecule has 2 amide bonds. The summed E-state index contributed by atoms with van der Waals surface area (Å²) in [5.74, 6) is -0.203. The quantitative estimate of drug-likeness (QED) is 0.383. The molecule has 206 valence electrons. The number of hydrogen-bond donors (Lipinski definition) is 2. The van der Waals surface area contributed by atoms with Crippen molar-refractivity contribution in [3.8, 4) is 0 Å². The number of carbonyl (C=O) groups is 2. The average molecular weight is 548 g/mol. The molecule has 1 saturated heterocycles. The highest BCUT2D eigenvalue weighted by molar-refractivity contribution is 6.30. The molecule has 2 aliphatic rings. The summed E-state index contributed by atoms with van der Waals surface area (Å²) in [5, 5.41) is 6.78. The fourth-order valence-electron chi connectivity index (χ4n) is 5.09. The number of carbonyl (C=O) groups excluding carboxylic acids is 2. The number of nitrogens with one attached hydrogen (secondary N) is 2. The van der Waals surface area contributed by atoms with Gasteiger partial charge in [0.2, 0.25) is 0 Å². The normalized spacial score (nSPS) is 18.7. The molecule has 0 bridgehead atoms. The van der Waals surface area contributed by atoms with Gasteiger partial charge < -0.3 is 20.3 Å². The molecule has 39 heavy (non-hydrogen) atoms. The Morgan fingerprint density at radius 2 is 1.77 bits per heavy atom. The van der Waals surface area contributed by atoms with Gasteiger partial charge in [0.1, 0.15) is 0 Å². The van der Waals surface area contributed by atoms with Gasteiger partial charge in [-0.05, 0) is 99.2 Å². The van der Waals surface area contributed by atoms with Crippen LogP contribution in [0.1, 0.15) is 65.0 Å². The summed E-state index contributed by atoms with van der Waals surface area (Å²) in [6, 6.07) is 20.4. The van der Waals surface area contributed by atoms with Crippen LogP contribution in [0.25, 0.3) is 0 Å². The first-order valence-corrected chi connectivity index (χ1v) is 14.1. The zero-order valence-corrected chi connectivity index (χ0v) is 23.8. The van der Waals surface area contributed by atoms with Gasteiger partial charge in [0, 0.05) is 46.2 Å². The Bertz CT molecular complexity index is 1280. The number of benzene rings is 3. The number of halogens is 1. The first kappa shape index (κ1) is 28.8. The molecule has 2 N–H and O–H groups in total. The van der Waals surface area contributed by atoms with E-state index >= 15 is 0 Å². The molecule has 0 radical (unpaired) electrons. The highest BCUT2D eigenvalue weighted by atomic mass is 35.5. The van der Waals surface area contributed by atoms with Gasteiger partial charge in [0.05, 0.1) is 13.2 Å². The largest absolute Gasteiger partial charge is 0.379 e. The predicted molar refractivity (Wildman–Crippen MR) is 159 cm³/mol. The van der Waals surface area contributed by atoms with Gasteiger partial charge in [0.25, 0.3) is 11.8 Å². The van der Waals surface area contributed by atoms with Crippen molar-refractivity contribution < 1.29 is 14.3 Å². The second-order valence-electron chi connectivity index (χ2n) is 10.3. The molecule has 2 aliphatic heterocycles. The number of rotatable bonds is 4. The number of ether oxygens (including phenoxy) is 1. The Balaban J connectivity index is 0.000000519. The minimum atomic E-state index is -0.284. The lowest BCUT2D eigenvalue weighted by Crippen LogP contribution is -2.49. The molecule has 0 saturated carbocycles. The van der Waals surface area contributed by atoms with E-state index in [0.717, 1.165) is 68.8 Å². The molecule has 5 rings (SSSR count). The van der Waals surface area contributed by atoms with Crippen molar-refractivity contribution in [2.75, 3.05) is 36.5 Å². The Morgan fingerprint density at radius 3 is 2.38 bits per heavy atom. The van der Waals surface area contributed by atoms with Gasteiger partial charge in [-0.25, -0.2) is 0 Å². The van der Waals surface area contributed by atoms with Crippen LogP contribution in [0.4, 0.5) is 11.4 Å². The number of morpholine rings is 1. The Morgan fingerprint density at radius 1 is 1.05 bits per heavy atom. The van der Waals surface area contributed by atoms with Crippen LogP contribution in [0.2, 0.25) is 5.02 Å². The van der Waals surface area contributed by atoms with Crippen LogP contribution in [0.15, 0.2) is 66.7 Å². The van der Waals surface area contributed by atoms with Gasteiger partial charge in [-0.2, -0.15) is 0 Å². The van der Waals surface area contributed by atoms with E-state index in [1.54, 1.807) is 30.3 Å². The lowest BCUT2D eigenvalue weighted by molar-refractivity contribution is 0.0953. The number of nitrogens with zero attached hydrogens (tertiary/aromatic N) is 1. The van der Waals surface area contributed by atoms with E-state index in [-0.39, 0.29) is 17.4 Å². The molecule has 0 aliphatic carbocycles. The zero-order valence-electron chi connectivity index (χ0n) is 23.1. The molecule has 7 heteroatoms. The number of hydrogen-bond acceptors (Lipinski definition) is 4. The first-order chi connectivity index (χ1) is 18.8. The third-order valence-corrected chi connectivity index (χ3v) is 7.81. The maximum Gasteiger partial charge on any atom is 0.258 e. The van der Waals surface area contributed by atoms with Gasteiger partial charge in [-0.1, -0.05) is 36.7 Å². The standard InChI is InChI=1S/C28H29ClN2O2.C4H9NO/c1-4-28(3)17-7-9-21-18-22(29)13-16-25(21)31(28)27(33)20-11-14-23(15-12-20)30-26(32)24-10-6-5-8-19(24)2;1-3-6-4-2-5-1/h5-6,8,10-16,18H,4,7,9,17H2,1-3H3,(H,30,32);5H,1-4H2. The van der Waals surface area contributed by atoms with Gasteiger partial charge >= 0.3 is 0 Å². The van der Waals surface area contributed by atoms with Crippen molar-refractivity contribution in [2.45, 2.75) is 52.0 Å². The minimum absolute atomic E-state index is 0.0402. The van der Waals surface area contributed by atoms with Crippen molar-refractivity contribution >= 4 is 34.8 Å². The van der Waals surface area contributed by atoms with E-state index in [0.29, 0.717) is 21.8 Å². The molecule has 3 aromatic carbocycles. The van der Waals surface area contributed by atoms with Crippen LogP contribution in [0, 0.1) is 6.92 Å². The van der Waals surface area contributed by atoms with Gasteiger partial charge in [0.15, 0.2) is 0 Å². The fraction of sp³-hybridized carbons (Fsp3) is 0.375. The molecule has 0 aromatic heterocycles. The maximum atomic E-state index is 13.8. The summed E-state index contributed by atoms with van der Waals surface area (Å²) in [4.78, 5) is 28.4. The van der Waals surface area contributed by atoms with E-state index in [1.165, 1.54) is 0 Å². The van der Waals surface area contributed by atoms with Crippen molar-refractivity contribution in [1.29, 1.82) is 0 Å². The molecular formula is C32H38ClN3O3. The second-order valence-corrected chi connectivity index (χ2v) is 10.8. The van der Waals surface area contributed by atoms with Gasteiger partial charge in [-0.3, -0.25) is 9.59 Å². The molecule has 6 nitrogen and oxygen atoms in total. The smallest absolute Gasteiger partial charge is 0.258 e. The molecule has 0 spiro atoms. The summed E-state index contributed by atoms with van der Waals surface area (Å²) < 4.78 is 5.01. The molecule has 2 heterocycles. The predicted octanol–water partition coefficient (Wildman–Crippen LogP) is 6.66. The maximum absolute atomic E-state index is 13.8. The SMILES string of the molecule is C1COCCN1.CCC1(C)CCCc2cc(Cl)ccc2N1C(=O)c1ccc(NC(=O)c2ccccc2C)cc1. The molecular weight excluding hydrogens is 510 g/mol. The number of anilines is 2. The molecule has 1 unspecified atom stereocenters. The average Bonchev–Trinajstić information content (AvgIpc) is 3.10. The van der Waals surface area contributed by atoms with Crippen molar-refractivity contribution in [3.05, 3.63) is 94.0 Å². The van der Waals surface area contributed by atoms with E-state index < -0.39 is 0 Å². The van der Waals surface area contributed by atoms with Crippen LogP contribution in [-0.4, -0.2) is 43.7 Å². The highest BCUT2D eigenvalue weighted by Crippen LogP contribution is 2.39. The van der Waals surface area contributed by atoms with E-state index in [2.05, 4.69) is 24.5 Å². The Hall–Kier alpha value is -3.19. The fourth-order valence-corrected chi connectivity index (χ4v) is 5.29. The third-order valence-electron chi connectivity index (χ3n) is 7.57. The number of fused-ring (bicyclic) bond motifs is 1. The third kappa shape index (κ3) is 7.07. The monoisotopic (exact) mass is 547 g/mol. The molecule has 1 fully saturated rings. The van der Waals surface area contributed by atoms with Crippen LogP contribution in [0.5, 0.6) is 0 Å². The first-order valence-electron chi connectivity index (χ1n) is 13.7. The van der Waals surface area contributed by atoms with Crippen molar-refractivity contribution in [3.63, 3.8) is 0 Å². The van der Waals surface area contributed by atoms with Crippen molar-refractivity contribution in [2.24, 2.45) is 0 Å². The van der Waals surface area contributed by atoms with Crippen LogP contribution in [0.3, 0.4) is 0 Å². The zero-order chi connectivity index (χ0) is 27.8. The Labute approximate surface area is 236 Å². The van der Waals surface area contributed by atoms with Gasteiger partial charge in [-0.15, -0.1) is 0 Å². The van der Waals surface area contributed by atoms with Crippen LogP contribution < -0.4 is 15.5 Å².